The molecule has 0 N–H and O–H groups in total. The Morgan fingerprint density at radius 3 is 2.54 bits per heavy atom. The van der Waals surface area contributed by atoms with Crippen molar-refractivity contribution in [3.63, 3.8) is 0 Å². The van der Waals surface area contributed by atoms with E-state index in [1.807, 2.05) is 12.1 Å². The van der Waals surface area contributed by atoms with Crippen molar-refractivity contribution in [2.75, 3.05) is 32.8 Å². The molecule has 2 fully saturated rings. The molecule has 5 heteroatoms. The molecule has 3 rings (SSSR count). The maximum Gasteiger partial charge on any atom is 0.225 e. The second kappa shape index (κ2) is 8.96. The van der Waals surface area contributed by atoms with Crippen LogP contribution in [0.25, 0.3) is 0 Å². The summed E-state index contributed by atoms with van der Waals surface area (Å²) in [6.07, 6.45) is 2.68. The Morgan fingerprint density at radius 1 is 1.19 bits per heavy atom. The summed E-state index contributed by atoms with van der Waals surface area (Å²) in [5.41, 5.74) is 1.13. The monoisotopic (exact) mass is 362 g/mol. The lowest BCUT2D eigenvalue weighted by molar-refractivity contribution is -0.139. The van der Waals surface area contributed by atoms with Crippen LogP contribution in [0.2, 0.25) is 0 Å². The highest BCUT2D eigenvalue weighted by molar-refractivity contribution is 5.79. The minimum atomic E-state index is -0.196. The van der Waals surface area contributed by atoms with Crippen molar-refractivity contribution in [3.05, 3.63) is 35.6 Å². The second-order valence-electron chi connectivity index (χ2n) is 7.93. The molecule has 0 radical (unpaired) electrons. The summed E-state index contributed by atoms with van der Waals surface area (Å²) in [6, 6.07) is 7.11. The van der Waals surface area contributed by atoms with Gasteiger partial charge in [0.2, 0.25) is 5.91 Å². The van der Waals surface area contributed by atoms with Crippen LogP contribution in [0, 0.1) is 17.7 Å². The molecule has 2 aliphatic heterocycles. The Bertz CT molecular complexity index is 584. The average Bonchev–Trinajstić information content (AvgIpc) is 2.86. The SMILES string of the molecule is CC(C)[C@@H]1CN(C(=O)C2CCOCC2)CCCN1Cc1ccc(F)cc1. The van der Waals surface area contributed by atoms with Crippen molar-refractivity contribution in [1.29, 1.82) is 0 Å². The fourth-order valence-corrected chi connectivity index (χ4v) is 4.12. The van der Waals surface area contributed by atoms with Gasteiger partial charge in [0, 0.05) is 51.4 Å². The minimum Gasteiger partial charge on any atom is -0.381 e. The number of hydrogen-bond donors (Lipinski definition) is 0. The lowest BCUT2D eigenvalue weighted by atomic mass is 9.97. The molecule has 1 amide bonds. The number of halogens is 1. The molecule has 0 bridgehead atoms. The molecule has 2 saturated heterocycles. The van der Waals surface area contributed by atoms with Gasteiger partial charge in [-0.2, -0.15) is 0 Å². The third-order valence-electron chi connectivity index (χ3n) is 5.70. The van der Waals surface area contributed by atoms with Crippen LogP contribution < -0.4 is 0 Å². The molecule has 0 aromatic heterocycles. The van der Waals surface area contributed by atoms with Gasteiger partial charge in [0.05, 0.1) is 0 Å². The largest absolute Gasteiger partial charge is 0.381 e. The van der Waals surface area contributed by atoms with Gasteiger partial charge in [-0.25, -0.2) is 4.39 Å². The standard InChI is InChI=1S/C21H31FN2O2/c1-16(2)20-15-24(21(25)18-8-12-26-13-9-18)11-3-10-23(20)14-17-4-6-19(22)7-5-17/h4-7,16,18,20H,3,8-15H2,1-2H3/t20-/m0/s1. The molecule has 26 heavy (non-hydrogen) atoms. The van der Waals surface area contributed by atoms with Crippen LogP contribution in [-0.2, 0) is 16.1 Å². The van der Waals surface area contributed by atoms with E-state index in [1.54, 1.807) is 0 Å². The number of hydrogen-bond acceptors (Lipinski definition) is 3. The van der Waals surface area contributed by atoms with E-state index in [0.717, 1.165) is 51.0 Å². The molecular formula is C21H31FN2O2. The van der Waals surface area contributed by atoms with Crippen LogP contribution in [0.5, 0.6) is 0 Å². The van der Waals surface area contributed by atoms with Crippen LogP contribution in [-0.4, -0.2) is 54.6 Å². The second-order valence-corrected chi connectivity index (χ2v) is 7.93. The van der Waals surface area contributed by atoms with Crippen molar-refractivity contribution in [3.8, 4) is 0 Å². The number of benzene rings is 1. The zero-order chi connectivity index (χ0) is 18.5. The fourth-order valence-electron chi connectivity index (χ4n) is 4.12. The van der Waals surface area contributed by atoms with Gasteiger partial charge >= 0.3 is 0 Å². The van der Waals surface area contributed by atoms with E-state index in [0.29, 0.717) is 31.1 Å². The highest BCUT2D eigenvalue weighted by Gasteiger charge is 2.32. The van der Waals surface area contributed by atoms with Gasteiger partial charge < -0.3 is 9.64 Å². The summed E-state index contributed by atoms with van der Waals surface area (Å²) in [5, 5.41) is 0. The van der Waals surface area contributed by atoms with Gasteiger partial charge in [-0.05, 0) is 42.9 Å². The van der Waals surface area contributed by atoms with Crippen LogP contribution in [0.15, 0.2) is 24.3 Å². The first-order valence-corrected chi connectivity index (χ1v) is 9.89. The quantitative estimate of drug-likeness (QED) is 0.824. The van der Waals surface area contributed by atoms with E-state index in [2.05, 4.69) is 23.6 Å². The zero-order valence-corrected chi connectivity index (χ0v) is 16.0. The smallest absolute Gasteiger partial charge is 0.225 e. The molecule has 0 aliphatic carbocycles. The topological polar surface area (TPSA) is 32.8 Å². The molecule has 0 spiro atoms. The molecule has 1 atom stereocenters. The molecule has 4 nitrogen and oxygen atoms in total. The molecule has 144 valence electrons. The number of carbonyl (C=O) groups is 1. The maximum absolute atomic E-state index is 13.2. The molecule has 0 unspecified atom stereocenters. The first kappa shape index (κ1) is 19.3. The Kier molecular flexibility index (Phi) is 6.65. The summed E-state index contributed by atoms with van der Waals surface area (Å²) in [4.78, 5) is 17.5. The first-order chi connectivity index (χ1) is 12.5. The summed E-state index contributed by atoms with van der Waals surface area (Å²) < 4.78 is 18.6. The Hall–Kier alpha value is -1.46. The minimum absolute atomic E-state index is 0.125. The lowest BCUT2D eigenvalue weighted by Gasteiger charge is -2.36. The maximum atomic E-state index is 13.2. The van der Waals surface area contributed by atoms with Crippen molar-refractivity contribution in [2.45, 2.75) is 45.7 Å². The fraction of sp³-hybridized carbons (Fsp3) is 0.667. The Balaban J connectivity index is 1.68. The van der Waals surface area contributed by atoms with E-state index in [4.69, 9.17) is 4.74 Å². The van der Waals surface area contributed by atoms with Crippen LogP contribution >= 0.6 is 0 Å². The van der Waals surface area contributed by atoms with Gasteiger partial charge in [-0.15, -0.1) is 0 Å². The highest BCUT2D eigenvalue weighted by Crippen LogP contribution is 2.24. The number of amides is 1. The summed E-state index contributed by atoms with van der Waals surface area (Å²) in [6.45, 7) is 9.26. The van der Waals surface area contributed by atoms with Crippen LogP contribution in [0.4, 0.5) is 4.39 Å². The first-order valence-electron chi connectivity index (χ1n) is 9.89. The molecule has 1 aromatic carbocycles. The van der Waals surface area contributed by atoms with Crippen molar-refractivity contribution < 1.29 is 13.9 Å². The highest BCUT2D eigenvalue weighted by atomic mass is 19.1. The van der Waals surface area contributed by atoms with Crippen molar-refractivity contribution in [2.24, 2.45) is 11.8 Å². The normalized spacial score (nSPS) is 23.2. The molecule has 2 aliphatic rings. The summed E-state index contributed by atoms with van der Waals surface area (Å²) >= 11 is 0. The number of rotatable bonds is 4. The van der Waals surface area contributed by atoms with E-state index < -0.39 is 0 Å². The van der Waals surface area contributed by atoms with Gasteiger partial charge in [0.25, 0.3) is 0 Å². The predicted molar refractivity (Wildman–Crippen MR) is 100 cm³/mol. The van der Waals surface area contributed by atoms with Gasteiger partial charge in [-0.3, -0.25) is 9.69 Å². The third-order valence-corrected chi connectivity index (χ3v) is 5.70. The molecular weight excluding hydrogens is 331 g/mol. The van der Waals surface area contributed by atoms with E-state index in [-0.39, 0.29) is 11.7 Å². The average molecular weight is 362 g/mol. The van der Waals surface area contributed by atoms with E-state index >= 15 is 0 Å². The number of carbonyl (C=O) groups excluding carboxylic acids is 1. The van der Waals surface area contributed by atoms with Crippen LogP contribution in [0.3, 0.4) is 0 Å². The van der Waals surface area contributed by atoms with Crippen molar-refractivity contribution >= 4 is 5.91 Å². The zero-order valence-electron chi connectivity index (χ0n) is 16.0. The molecule has 1 aromatic rings. The number of nitrogens with zero attached hydrogens (tertiary/aromatic N) is 2. The van der Waals surface area contributed by atoms with E-state index in [9.17, 15) is 9.18 Å². The summed E-state index contributed by atoms with van der Waals surface area (Å²) in [7, 11) is 0. The van der Waals surface area contributed by atoms with Gasteiger partial charge in [0.1, 0.15) is 5.82 Å². The lowest BCUT2D eigenvalue weighted by Crippen LogP contribution is -2.47. The molecule has 0 saturated carbocycles. The number of ether oxygens (including phenoxy) is 1. The Morgan fingerprint density at radius 2 is 1.88 bits per heavy atom. The Labute approximate surface area is 156 Å². The predicted octanol–water partition coefficient (Wildman–Crippen LogP) is 3.31. The van der Waals surface area contributed by atoms with Gasteiger partial charge in [-0.1, -0.05) is 26.0 Å². The molecule has 2 heterocycles. The van der Waals surface area contributed by atoms with Crippen molar-refractivity contribution in [1.82, 2.24) is 9.80 Å². The van der Waals surface area contributed by atoms with E-state index in [1.165, 1.54) is 12.1 Å². The third kappa shape index (κ3) is 4.83. The van der Waals surface area contributed by atoms with Gasteiger partial charge in [0.15, 0.2) is 0 Å². The van der Waals surface area contributed by atoms with Crippen LogP contribution in [0.1, 0.15) is 38.7 Å². The summed E-state index contributed by atoms with van der Waals surface area (Å²) in [5.74, 6) is 0.694.